The van der Waals surface area contributed by atoms with Crippen molar-refractivity contribution in [3.8, 4) is 0 Å². The lowest BCUT2D eigenvalue weighted by molar-refractivity contribution is -0.900. The van der Waals surface area contributed by atoms with Crippen molar-refractivity contribution >= 4 is 5.97 Å². The second-order valence-corrected chi connectivity index (χ2v) is 6.87. The number of hydrogen-bond acceptors (Lipinski definition) is 3. The molecule has 4 aliphatic rings. The number of ether oxygens (including phenoxy) is 2. The maximum absolute atomic E-state index is 12.1. The molecule has 4 heteroatoms. The Morgan fingerprint density at radius 2 is 2.10 bits per heavy atom. The lowest BCUT2D eigenvalue weighted by Crippen LogP contribution is -3.15. The minimum atomic E-state index is 0.00181. The number of morpholine rings is 1. The van der Waals surface area contributed by atoms with Crippen LogP contribution >= 0.6 is 0 Å². The van der Waals surface area contributed by atoms with E-state index in [2.05, 4.69) is 12.2 Å². The molecule has 3 aliphatic carbocycles. The van der Waals surface area contributed by atoms with Crippen molar-refractivity contribution in [2.45, 2.75) is 25.4 Å². The van der Waals surface area contributed by atoms with Crippen LogP contribution in [-0.2, 0) is 14.3 Å². The van der Waals surface area contributed by atoms with Gasteiger partial charge in [0.2, 0.25) is 0 Å². The van der Waals surface area contributed by atoms with Crippen molar-refractivity contribution in [3.05, 3.63) is 12.2 Å². The molecule has 5 unspecified atom stereocenters. The third-order valence-electron chi connectivity index (χ3n) is 5.82. The van der Waals surface area contributed by atoms with Crippen LogP contribution in [0.25, 0.3) is 0 Å². The summed E-state index contributed by atoms with van der Waals surface area (Å²) in [5.74, 6) is 2.96. The van der Waals surface area contributed by atoms with Crippen molar-refractivity contribution in [1.29, 1.82) is 0 Å². The van der Waals surface area contributed by atoms with Crippen molar-refractivity contribution in [2.24, 2.45) is 23.7 Å². The quantitative estimate of drug-likeness (QED) is 0.585. The highest BCUT2D eigenvalue weighted by atomic mass is 16.5. The van der Waals surface area contributed by atoms with Gasteiger partial charge >= 0.3 is 5.97 Å². The van der Waals surface area contributed by atoms with Crippen LogP contribution in [0.4, 0.5) is 0 Å². The molecule has 3 fully saturated rings. The highest BCUT2D eigenvalue weighted by Crippen LogP contribution is 2.57. The van der Waals surface area contributed by atoms with E-state index < -0.39 is 0 Å². The molecular formula is C16H24NO3+. The first-order valence-electron chi connectivity index (χ1n) is 8.09. The van der Waals surface area contributed by atoms with E-state index in [1.807, 2.05) is 0 Å². The average molecular weight is 278 g/mol. The predicted molar refractivity (Wildman–Crippen MR) is 73.2 cm³/mol. The molecule has 4 rings (SSSR count). The van der Waals surface area contributed by atoms with Gasteiger partial charge in [0, 0.05) is 0 Å². The van der Waals surface area contributed by atoms with E-state index in [0.717, 1.165) is 50.5 Å². The number of carbonyl (C=O) groups is 1. The normalized spacial score (nSPS) is 42.9. The summed E-state index contributed by atoms with van der Waals surface area (Å²) in [4.78, 5) is 13.4. The minimum absolute atomic E-state index is 0.00181. The monoisotopic (exact) mass is 278 g/mol. The van der Waals surface area contributed by atoms with Gasteiger partial charge in [-0.1, -0.05) is 12.2 Å². The molecule has 20 heavy (non-hydrogen) atoms. The summed E-state index contributed by atoms with van der Waals surface area (Å²) >= 11 is 0. The van der Waals surface area contributed by atoms with Gasteiger partial charge in [0.1, 0.15) is 19.2 Å². The minimum Gasteiger partial charge on any atom is -0.458 e. The molecule has 4 nitrogen and oxygen atoms in total. The molecule has 1 N–H and O–H groups in total. The fourth-order valence-corrected chi connectivity index (χ4v) is 4.88. The summed E-state index contributed by atoms with van der Waals surface area (Å²) in [5.41, 5.74) is 0. The van der Waals surface area contributed by atoms with Crippen LogP contribution in [0.3, 0.4) is 0 Å². The van der Waals surface area contributed by atoms with Gasteiger partial charge in [-0.3, -0.25) is 0 Å². The number of fused-ring (bicyclic) bond motifs is 5. The number of hydrogen-bond donors (Lipinski definition) is 1. The van der Waals surface area contributed by atoms with E-state index in [1.54, 1.807) is 0 Å². The molecule has 0 aromatic heterocycles. The first kappa shape index (κ1) is 12.8. The zero-order valence-corrected chi connectivity index (χ0v) is 11.9. The molecule has 1 saturated heterocycles. The first-order valence-corrected chi connectivity index (χ1v) is 8.09. The SMILES string of the molecule is O=C(C[NH+]1CCOCC1)OC1CC2CC1C1CC=CC21. The molecule has 1 aliphatic heterocycles. The zero-order chi connectivity index (χ0) is 13.5. The largest absolute Gasteiger partial charge is 0.458 e. The van der Waals surface area contributed by atoms with Gasteiger partial charge in [0.05, 0.1) is 13.2 Å². The second kappa shape index (κ2) is 5.15. The first-order chi connectivity index (χ1) is 9.81. The number of carbonyl (C=O) groups excluding carboxylic acids is 1. The molecular weight excluding hydrogens is 254 g/mol. The Balaban J connectivity index is 1.31. The van der Waals surface area contributed by atoms with Gasteiger partial charge < -0.3 is 14.4 Å². The Labute approximate surface area is 120 Å². The van der Waals surface area contributed by atoms with Crippen LogP contribution < -0.4 is 4.90 Å². The van der Waals surface area contributed by atoms with Gasteiger partial charge in [0.15, 0.2) is 6.54 Å². The molecule has 0 radical (unpaired) electrons. The van der Waals surface area contributed by atoms with E-state index in [4.69, 9.17) is 9.47 Å². The number of nitrogens with one attached hydrogen (secondary N) is 1. The Bertz CT molecular complexity index is 416. The molecule has 0 spiro atoms. The summed E-state index contributed by atoms with van der Waals surface area (Å²) in [6, 6.07) is 0. The second-order valence-electron chi connectivity index (χ2n) is 6.87. The van der Waals surface area contributed by atoms with Crippen LogP contribution in [0.2, 0.25) is 0 Å². The Hall–Kier alpha value is -0.870. The standard InChI is InChI=1S/C16H23NO3/c18-16(10-17-4-6-19-7-5-17)20-15-9-11-8-14(15)13-3-1-2-12(11)13/h1-2,11-15H,3-10H2/p+1. The van der Waals surface area contributed by atoms with Crippen LogP contribution in [0.15, 0.2) is 12.2 Å². The van der Waals surface area contributed by atoms with Crippen molar-refractivity contribution in [1.82, 2.24) is 0 Å². The molecule has 1 heterocycles. The highest BCUT2D eigenvalue weighted by molar-refractivity contribution is 5.70. The van der Waals surface area contributed by atoms with Crippen molar-refractivity contribution in [2.75, 3.05) is 32.8 Å². The number of rotatable bonds is 3. The third kappa shape index (κ3) is 2.19. The van der Waals surface area contributed by atoms with E-state index in [-0.39, 0.29) is 12.1 Å². The summed E-state index contributed by atoms with van der Waals surface area (Å²) in [7, 11) is 0. The van der Waals surface area contributed by atoms with Crippen molar-refractivity contribution in [3.63, 3.8) is 0 Å². The smallest absolute Gasteiger partial charge is 0.361 e. The Kier molecular flexibility index (Phi) is 3.31. The summed E-state index contributed by atoms with van der Waals surface area (Å²) < 4.78 is 11.2. The fraction of sp³-hybridized carbons (Fsp3) is 0.812. The van der Waals surface area contributed by atoms with Crippen LogP contribution in [0.1, 0.15) is 19.3 Å². The molecule has 0 aromatic rings. The Morgan fingerprint density at radius 1 is 1.25 bits per heavy atom. The summed E-state index contributed by atoms with van der Waals surface area (Å²) in [6.07, 6.45) is 8.52. The number of esters is 1. The lowest BCUT2D eigenvalue weighted by Gasteiger charge is -2.31. The maximum atomic E-state index is 12.1. The van der Waals surface area contributed by atoms with Gasteiger partial charge in [-0.2, -0.15) is 0 Å². The van der Waals surface area contributed by atoms with Crippen LogP contribution in [0, 0.1) is 23.7 Å². The lowest BCUT2D eigenvalue weighted by atomic mass is 9.80. The van der Waals surface area contributed by atoms with E-state index in [1.165, 1.54) is 17.7 Å². The molecule has 110 valence electrons. The molecule has 2 saturated carbocycles. The van der Waals surface area contributed by atoms with Gasteiger partial charge in [0.25, 0.3) is 0 Å². The van der Waals surface area contributed by atoms with Gasteiger partial charge in [-0.05, 0) is 42.9 Å². The topological polar surface area (TPSA) is 40.0 Å². The molecule has 2 bridgehead atoms. The van der Waals surface area contributed by atoms with E-state index in [9.17, 15) is 4.79 Å². The average Bonchev–Trinajstić information content (AvgIpc) is 3.11. The number of allylic oxidation sites excluding steroid dienone is 2. The molecule has 0 aromatic carbocycles. The summed E-state index contributed by atoms with van der Waals surface area (Å²) in [6.45, 7) is 3.92. The third-order valence-corrected chi connectivity index (χ3v) is 5.82. The van der Waals surface area contributed by atoms with Gasteiger partial charge in [-0.15, -0.1) is 0 Å². The Morgan fingerprint density at radius 3 is 2.95 bits per heavy atom. The van der Waals surface area contributed by atoms with Crippen LogP contribution in [-0.4, -0.2) is 44.9 Å². The molecule has 5 atom stereocenters. The summed E-state index contributed by atoms with van der Waals surface area (Å²) in [5, 5.41) is 0. The van der Waals surface area contributed by atoms with E-state index >= 15 is 0 Å². The predicted octanol–water partition coefficient (Wildman–Crippen LogP) is 0.0454. The highest BCUT2D eigenvalue weighted by Gasteiger charge is 2.53. The maximum Gasteiger partial charge on any atom is 0.361 e. The van der Waals surface area contributed by atoms with Gasteiger partial charge in [-0.25, -0.2) is 4.79 Å². The fourth-order valence-electron chi connectivity index (χ4n) is 4.88. The molecule has 0 amide bonds. The van der Waals surface area contributed by atoms with Crippen LogP contribution in [0.5, 0.6) is 0 Å². The zero-order valence-electron chi connectivity index (χ0n) is 11.9. The number of quaternary nitrogens is 1. The van der Waals surface area contributed by atoms with Crippen molar-refractivity contribution < 1.29 is 19.2 Å². The van der Waals surface area contributed by atoms with E-state index in [0.29, 0.717) is 12.5 Å².